The number of carbonyl (C=O) groups is 2. The van der Waals surface area contributed by atoms with Crippen molar-refractivity contribution < 1.29 is 19.8 Å². The molecule has 0 aromatic carbocycles. The summed E-state index contributed by atoms with van der Waals surface area (Å²) < 4.78 is 0. The van der Waals surface area contributed by atoms with Crippen LogP contribution >= 0.6 is 0 Å². The Balaban J connectivity index is 2.87. The van der Waals surface area contributed by atoms with Gasteiger partial charge in [0.15, 0.2) is 0 Å². The highest BCUT2D eigenvalue weighted by atomic mass is 16.4. The molecule has 1 rings (SSSR count). The summed E-state index contributed by atoms with van der Waals surface area (Å²) in [6, 6.07) is 0. The van der Waals surface area contributed by atoms with Crippen molar-refractivity contribution >= 4 is 11.9 Å². The molecule has 0 aromatic rings. The predicted molar refractivity (Wildman–Crippen MR) is 49.8 cm³/mol. The van der Waals surface area contributed by atoms with E-state index in [0.29, 0.717) is 12.3 Å². The van der Waals surface area contributed by atoms with Crippen LogP contribution in [0.3, 0.4) is 0 Å². The van der Waals surface area contributed by atoms with Crippen LogP contribution in [0.1, 0.15) is 26.7 Å². The van der Waals surface area contributed by atoms with Crippen LogP contribution in [0.15, 0.2) is 0 Å². The second kappa shape index (κ2) is 3.98. The third kappa shape index (κ3) is 1.89. The van der Waals surface area contributed by atoms with Crippen LogP contribution < -0.4 is 0 Å². The molecule has 0 radical (unpaired) electrons. The zero-order chi connectivity index (χ0) is 10.9. The molecule has 0 heterocycles. The first kappa shape index (κ1) is 11.0. The lowest BCUT2D eigenvalue weighted by molar-refractivity contribution is -0.159. The molecule has 1 aliphatic rings. The number of hydrogen-bond donors (Lipinski definition) is 2. The highest BCUT2D eigenvalue weighted by Gasteiger charge is 2.42. The molecule has 0 aromatic heterocycles. The Labute approximate surface area is 82.9 Å². The summed E-state index contributed by atoms with van der Waals surface area (Å²) in [6.07, 6.45) is 1.29. The smallest absolute Gasteiger partial charge is 0.307 e. The van der Waals surface area contributed by atoms with Crippen molar-refractivity contribution in [1.29, 1.82) is 0 Å². The molecule has 0 amide bonds. The van der Waals surface area contributed by atoms with Crippen LogP contribution in [0.2, 0.25) is 0 Å². The van der Waals surface area contributed by atoms with Gasteiger partial charge in [0.05, 0.1) is 11.8 Å². The Morgan fingerprint density at radius 2 is 1.64 bits per heavy atom. The monoisotopic (exact) mass is 200 g/mol. The second-order valence-corrected chi connectivity index (χ2v) is 4.22. The van der Waals surface area contributed by atoms with Crippen molar-refractivity contribution in [3.63, 3.8) is 0 Å². The molecule has 0 saturated heterocycles. The Hall–Kier alpha value is -1.06. The minimum atomic E-state index is -0.976. The zero-order valence-electron chi connectivity index (χ0n) is 8.43. The molecule has 14 heavy (non-hydrogen) atoms. The van der Waals surface area contributed by atoms with Crippen LogP contribution in [0, 0.1) is 23.7 Å². The van der Waals surface area contributed by atoms with Crippen molar-refractivity contribution in [3.8, 4) is 0 Å². The molecule has 1 fully saturated rings. The summed E-state index contributed by atoms with van der Waals surface area (Å²) in [5.41, 5.74) is 0. The van der Waals surface area contributed by atoms with Crippen molar-refractivity contribution in [2.75, 3.05) is 0 Å². The Morgan fingerprint density at radius 3 is 2.07 bits per heavy atom. The van der Waals surface area contributed by atoms with Gasteiger partial charge in [0, 0.05) is 0 Å². The van der Waals surface area contributed by atoms with E-state index >= 15 is 0 Å². The van der Waals surface area contributed by atoms with E-state index in [1.807, 2.05) is 13.8 Å². The molecule has 2 N–H and O–H groups in total. The summed E-state index contributed by atoms with van der Waals surface area (Å²) in [5, 5.41) is 17.9. The van der Waals surface area contributed by atoms with Crippen molar-refractivity contribution in [3.05, 3.63) is 0 Å². The zero-order valence-corrected chi connectivity index (χ0v) is 8.43. The lowest BCUT2D eigenvalue weighted by Crippen LogP contribution is -2.40. The molecule has 0 aliphatic heterocycles. The van der Waals surface area contributed by atoms with E-state index < -0.39 is 23.8 Å². The standard InChI is InChI=1S/C10H16O4/c1-5-3-4-7(9(11)12)8(6(5)2)10(13)14/h5-8H,3-4H2,1-2H3,(H,11,12)(H,13,14)/t5-,6+,7-,8-/m1/s1. The molecule has 0 spiro atoms. The van der Waals surface area contributed by atoms with Gasteiger partial charge in [-0.25, -0.2) is 0 Å². The molecule has 80 valence electrons. The lowest BCUT2D eigenvalue weighted by Gasteiger charge is -2.35. The summed E-state index contributed by atoms with van der Waals surface area (Å²) in [7, 11) is 0. The van der Waals surface area contributed by atoms with Gasteiger partial charge in [-0.15, -0.1) is 0 Å². The van der Waals surface area contributed by atoms with E-state index in [2.05, 4.69) is 0 Å². The number of aliphatic carboxylic acids is 2. The van der Waals surface area contributed by atoms with E-state index in [1.165, 1.54) is 0 Å². The molecule has 1 aliphatic carbocycles. The molecule has 1 saturated carbocycles. The normalized spacial score (nSPS) is 37.9. The molecular formula is C10H16O4. The Bertz CT molecular complexity index is 249. The van der Waals surface area contributed by atoms with Gasteiger partial charge in [0.25, 0.3) is 0 Å². The van der Waals surface area contributed by atoms with E-state index in [1.54, 1.807) is 0 Å². The minimum Gasteiger partial charge on any atom is -0.481 e. The Kier molecular flexibility index (Phi) is 3.13. The van der Waals surface area contributed by atoms with Crippen LogP contribution in [0.5, 0.6) is 0 Å². The van der Waals surface area contributed by atoms with Gasteiger partial charge in [-0.2, -0.15) is 0 Å². The highest BCUT2D eigenvalue weighted by molar-refractivity contribution is 5.80. The number of rotatable bonds is 2. The van der Waals surface area contributed by atoms with E-state index in [4.69, 9.17) is 10.2 Å². The Morgan fingerprint density at radius 1 is 1.07 bits per heavy atom. The first-order valence-electron chi connectivity index (χ1n) is 4.90. The maximum atomic E-state index is 11.0. The maximum Gasteiger partial charge on any atom is 0.307 e. The fourth-order valence-corrected chi connectivity index (χ4v) is 2.28. The maximum absolute atomic E-state index is 11.0. The fraction of sp³-hybridized carbons (Fsp3) is 0.800. The average molecular weight is 200 g/mol. The van der Waals surface area contributed by atoms with Gasteiger partial charge in [0.1, 0.15) is 0 Å². The lowest BCUT2D eigenvalue weighted by atomic mass is 9.68. The van der Waals surface area contributed by atoms with Gasteiger partial charge < -0.3 is 10.2 Å². The molecule has 0 unspecified atom stereocenters. The summed E-state index contributed by atoms with van der Waals surface area (Å²) in [6.45, 7) is 3.82. The molecule has 4 nitrogen and oxygen atoms in total. The van der Waals surface area contributed by atoms with Gasteiger partial charge in [-0.1, -0.05) is 13.8 Å². The topological polar surface area (TPSA) is 74.6 Å². The third-order valence-corrected chi connectivity index (χ3v) is 3.43. The van der Waals surface area contributed by atoms with E-state index in [-0.39, 0.29) is 5.92 Å². The second-order valence-electron chi connectivity index (χ2n) is 4.22. The average Bonchev–Trinajstić information content (AvgIpc) is 2.08. The largest absolute Gasteiger partial charge is 0.481 e. The SMILES string of the molecule is C[C@@H]1[C@@H](C(=O)O)[C@H](C(=O)O)CC[C@H]1C. The molecule has 0 bridgehead atoms. The third-order valence-electron chi connectivity index (χ3n) is 3.43. The summed E-state index contributed by atoms with van der Waals surface area (Å²) in [4.78, 5) is 21.8. The first-order valence-corrected chi connectivity index (χ1v) is 4.90. The van der Waals surface area contributed by atoms with Crippen LogP contribution in [0.4, 0.5) is 0 Å². The number of carboxylic acid groups (broad SMARTS) is 2. The van der Waals surface area contributed by atoms with Crippen molar-refractivity contribution in [2.24, 2.45) is 23.7 Å². The summed E-state index contributed by atoms with van der Waals surface area (Å²) in [5.74, 6) is -3.14. The first-order chi connectivity index (χ1) is 6.45. The van der Waals surface area contributed by atoms with Gasteiger partial charge >= 0.3 is 11.9 Å². The highest BCUT2D eigenvalue weighted by Crippen LogP contribution is 2.38. The van der Waals surface area contributed by atoms with Crippen molar-refractivity contribution in [1.82, 2.24) is 0 Å². The van der Waals surface area contributed by atoms with E-state index in [0.717, 1.165) is 6.42 Å². The fourth-order valence-electron chi connectivity index (χ4n) is 2.28. The molecular weight excluding hydrogens is 184 g/mol. The minimum absolute atomic E-state index is 0.0534. The van der Waals surface area contributed by atoms with Crippen LogP contribution in [0.25, 0.3) is 0 Å². The van der Waals surface area contributed by atoms with Crippen LogP contribution in [-0.4, -0.2) is 22.2 Å². The molecule has 4 heteroatoms. The predicted octanol–water partition coefficient (Wildman–Crippen LogP) is 1.45. The molecule has 4 atom stereocenters. The van der Waals surface area contributed by atoms with Crippen molar-refractivity contribution in [2.45, 2.75) is 26.7 Å². The quantitative estimate of drug-likeness (QED) is 0.707. The summed E-state index contributed by atoms with van der Waals surface area (Å²) >= 11 is 0. The number of hydrogen-bond acceptors (Lipinski definition) is 2. The van der Waals surface area contributed by atoms with Gasteiger partial charge in [-0.3, -0.25) is 9.59 Å². The van der Waals surface area contributed by atoms with Crippen LogP contribution in [-0.2, 0) is 9.59 Å². The number of carboxylic acids is 2. The van der Waals surface area contributed by atoms with Gasteiger partial charge in [0.2, 0.25) is 0 Å². The van der Waals surface area contributed by atoms with E-state index in [9.17, 15) is 9.59 Å². The van der Waals surface area contributed by atoms with Gasteiger partial charge in [-0.05, 0) is 24.7 Å².